The van der Waals surface area contributed by atoms with Gasteiger partial charge in [-0.3, -0.25) is 9.59 Å². The number of aliphatic hydroxyl groups excluding tert-OH is 1. The van der Waals surface area contributed by atoms with Gasteiger partial charge in [-0.25, -0.2) is 4.39 Å². The zero-order valence-electron chi connectivity index (χ0n) is 11.4. The van der Waals surface area contributed by atoms with Crippen molar-refractivity contribution in [2.24, 2.45) is 11.5 Å². The number of amides is 2. The van der Waals surface area contributed by atoms with E-state index in [0.29, 0.717) is 11.3 Å². The number of nitrogens with two attached hydrogens (primary N) is 2. The van der Waals surface area contributed by atoms with E-state index in [1.165, 1.54) is 30.9 Å². The van der Waals surface area contributed by atoms with Gasteiger partial charge >= 0.3 is 0 Å². The summed E-state index contributed by atoms with van der Waals surface area (Å²) in [5.41, 5.74) is 11.2. The number of rotatable bonds is 6. The molecule has 6 nitrogen and oxygen atoms in total. The quantitative estimate of drug-likeness (QED) is 0.680. The second-order valence-electron chi connectivity index (χ2n) is 4.62. The monoisotopic (exact) mass is 283 g/mol. The van der Waals surface area contributed by atoms with E-state index < -0.39 is 23.7 Å². The summed E-state index contributed by atoms with van der Waals surface area (Å²) in [7, 11) is 0. The number of carbonyl (C=O) groups excluding carboxylic acids is 2. The predicted octanol–water partition coefficient (Wildman–Crippen LogP) is -0.0356. The van der Waals surface area contributed by atoms with Crippen LogP contribution in [0.25, 0.3) is 0 Å². The van der Waals surface area contributed by atoms with Crippen molar-refractivity contribution in [3.8, 4) is 0 Å². The van der Waals surface area contributed by atoms with E-state index >= 15 is 0 Å². The van der Waals surface area contributed by atoms with Gasteiger partial charge in [0.25, 0.3) is 0 Å². The first kappa shape index (κ1) is 15.9. The number of hydrogen-bond acceptors (Lipinski definition) is 4. The van der Waals surface area contributed by atoms with Crippen LogP contribution in [0.2, 0.25) is 0 Å². The van der Waals surface area contributed by atoms with Crippen molar-refractivity contribution < 1.29 is 19.1 Å². The molecule has 1 rings (SSSR count). The second-order valence-corrected chi connectivity index (χ2v) is 4.62. The van der Waals surface area contributed by atoms with Crippen molar-refractivity contribution >= 4 is 17.5 Å². The highest BCUT2D eigenvalue weighted by molar-refractivity contribution is 5.85. The van der Waals surface area contributed by atoms with Crippen LogP contribution in [0.3, 0.4) is 0 Å². The highest BCUT2D eigenvalue weighted by Gasteiger charge is 2.19. The maximum Gasteiger partial charge on any atom is 0.236 e. The summed E-state index contributed by atoms with van der Waals surface area (Å²) in [6.45, 7) is 2.49. The average Bonchev–Trinajstić information content (AvgIpc) is 2.29. The first-order chi connectivity index (χ1) is 9.22. The summed E-state index contributed by atoms with van der Waals surface area (Å²) in [6.07, 6.45) is -0.969. The van der Waals surface area contributed by atoms with E-state index in [2.05, 4.69) is 0 Å². The lowest BCUT2D eigenvalue weighted by molar-refractivity contribution is -0.117. The Labute approximate surface area is 116 Å². The van der Waals surface area contributed by atoms with Crippen LogP contribution in [0, 0.1) is 12.7 Å². The number of benzene rings is 1. The Balaban J connectivity index is 3.32. The number of aryl methyl sites for hydroxylation is 1. The molecule has 2 amide bonds. The molecule has 1 atom stereocenters. The molecule has 0 radical (unpaired) electrons. The van der Waals surface area contributed by atoms with E-state index in [1.807, 2.05) is 0 Å². The third-order valence-electron chi connectivity index (χ3n) is 2.79. The molecule has 0 aliphatic rings. The molecule has 0 heterocycles. The van der Waals surface area contributed by atoms with Gasteiger partial charge in [0.05, 0.1) is 19.2 Å². The smallest absolute Gasteiger partial charge is 0.236 e. The van der Waals surface area contributed by atoms with E-state index in [4.69, 9.17) is 11.5 Å². The largest absolute Gasteiger partial charge is 0.389 e. The first-order valence-electron chi connectivity index (χ1n) is 6.02. The molecule has 0 aliphatic carbocycles. The Hall–Kier alpha value is -2.15. The van der Waals surface area contributed by atoms with Crippen molar-refractivity contribution in [1.29, 1.82) is 0 Å². The third-order valence-corrected chi connectivity index (χ3v) is 2.79. The third kappa shape index (κ3) is 3.92. The van der Waals surface area contributed by atoms with Gasteiger partial charge in [0, 0.05) is 11.3 Å². The Morgan fingerprint density at radius 2 is 1.80 bits per heavy atom. The molecular formula is C13H18FN3O3. The molecule has 0 fully saturated rings. The topological polar surface area (TPSA) is 110 Å². The van der Waals surface area contributed by atoms with E-state index in [-0.39, 0.29) is 18.7 Å². The van der Waals surface area contributed by atoms with Gasteiger partial charge in [-0.2, -0.15) is 0 Å². The number of primary amides is 2. The highest BCUT2D eigenvalue weighted by Crippen LogP contribution is 2.29. The van der Waals surface area contributed by atoms with Gasteiger partial charge in [0.2, 0.25) is 11.8 Å². The van der Waals surface area contributed by atoms with Gasteiger partial charge in [0.1, 0.15) is 5.82 Å². The lowest BCUT2D eigenvalue weighted by Gasteiger charge is -2.26. The van der Waals surface area contributed by atoms with E-state index in [9.17, 15) is 19.1 Å². The Kier molecular flexibility index (Phi) is 5.04. The molecule has 1 aromatic carbocycles. The minimum absolute atomic E-state index is 0.256. The van der Waals surface area contributed by atoms with Crippen molar-refractivity contribution in [1.82, 2.24) is 0 Å². The number of carbonyl (C=O) groups is 2. The fourth-order valence-electron chi connectivity index (χ4n) is 1.89. The fraction of sp³-hybridized carbons (Fsp3) is 0.385. The number of anilines is 1. The summed E-state index contributed by atoms with van der Waals surface area (Å²) in [6, 6.07) is 2.62. The summed E-state index contributed by atoms with van der Waals surface area (Å²) in [5, 5.41) is 9.71. The standard InChI is InChI=1S/C13H18FN3O3/c1-7-3-11(9(8(2)18)4-10(7)14)17(5-12(15)19)6-13(16)20/h3-4,8,18H,5-6H2,1-2H3,(H2,15,19)(H2,16,20)/t8-/m0/s1. The normalized spacial score (nSPS) is 12.0. The highest BCUT2D eigenvalue weighted by atomic mass is 19.1. The second kappa shape index (κ2) is 6.33. The number of nitrogens with zero attached hydrogens (tertiary/aromatic N) is 1. The Bertz CT molecular complexity index is 516. The summed E-state index contributed by atoms with van der Waals surface area (Å²) in [4.78, 5) is 23.5. The molecule has 0 saturated carbocycles. The number of aliphatic hydroxyl groups is 1. The fourth-order valence-corrected chi connectivity index (χ4v) is 1.89. The van der Waals surface area contributed by atoms with Crippen molar-refractivity contribution in [2.75, 3.05) is 18.0 Å². The molecule has 0 bridgehead atoms. The zero-order chi connectivity index (χ0) is 15.4. The molecule has 0 unspecified atom stereocenters. The van der Waals surface area contributed by atoms with Crippen LogP contribution >= 0.6 is 0 Å². The minimum Gasteiger partial charge on any atom is -0.389 e. The molecule has 5 N–H and O–H groups in total. The van der Waals surface area contributed by atoms with Crippen LogP contribution in [0.1, 0.15) is 24.2 Å². The Morgan fingerprint density at radius 3 is 2.20 bits per heavy atom. The lowest BCUT2D eigenvalue weighted by atomic mass is 10.0. The molecule has 1 aromatic rings. The van der Waals surface area contributed by atoms with Crippen LogP contribution in [0.15, 0.2) is 12.1 Å². The van der Waals surface area contributed by atoms with Crippen LogP contribution in [0.5, 0.6) is 0 Å². The van der Waals surface area contributed by atoms with Gasteiger partial charge in [-0.1, -0.05) is 0 Å². The molecular weight excluding hydrogens is 265 g/mol. The molecule has 0 aliphatic heterocycles. The van der Waals surface area contributed by atoms with Gasteiger partial charge < -0.3 is 21.5 Å². The van der Waals surface area contributed by atoms with Crippen LogP contribution in [0.4, 0.5) is 10.1 Å². The van der Waals surface area contributed by atoms with E-state index in [0.717, 1.165) is 0 Å². The number of hydrogen-bond donors (Lipinski definition) is 3. The maximum absolute atomic E-state index is 13.6. The summed E-state index contributed by atoms with van der Waals surface area (Å²) in [5.74, 6) is -1.81. The predicted molar refractivity (Wildman–Crippen MR) is 72.4 cm³/mol. The summed E-state index contributed by atoms with van der Waals surface area (Å²) < 4.78 is 13.6. The van der Waals surface area contributed by atoms with Crippen LogP contribution in [-0.4, -0.2) is 30.0 Å². The van der Waals surface area contributed by atoms with Crippen molar-refractivity contribution in [3.63, 3.8) is 0 Å². The number of halogens is 1. The SMILES string of the molecule is Cc1cc(N(CC(N)=O)CC(N)=O)c([C@H](C)O)cc1F. The average molecular weight is 283 g/mol. The van der Waals surface area contributed by atoms with Crippen molar-refractivity contribution in [3.05, 3.63) is 29.1 Å². The molecule has 110 valence electrons. The van der Waals surface area contributed by atoms with Crippen molar-refractivity contribution in [2.45, 2.75) is 20.0 Å². The van der Waals surface area contributed by atoms with E-state index in [1.54, 1.807) is 0 Å². The zero-order valence-corrected chi connectivity index (χ0v) is 11.4. The minimum atomic E-state index is -0.969. The molecule has 7 heteroatoms. The molecule has 0 aromatic heterocycles. The molecule has 0 saturated heterocycles. The van der Waals surface area contributed by atoms with Crippen LogP contribution in [-0.2, 0) is 9.59 Å². The maximum atomic E-state index is 13.6. The van der Waals surface area contributed by atoms with Crippen LogP contribution < -0.4 is 16.4 Å². The van der Waals surface area contributed by atoms with Gasteiger partial charge in [-0.05, 0) is 31.5 Å². The first-order valence-corrected chi connectivity index (χ1v) is 6.02. The molecule has 0 spiro atoms. The lowest BCUT2D eigenvalue weighted by Crippen LogP contribution is -2.40. The Morgan fingerprint density at radius 1 is 1.30 bits per heavy atom. The van der Waals surface area contributed by atoms with Gasteiger partial charge in [0.15, 0.2) is 0 Å². The summed E-state index contributed by atoms with van der Waals surface area (Å²) >= 11 is 0. The van der Waals surface area contributed by atoms with Gasteiger partial charge in [-0.15, -0.1) is 0 Å². The molecule has 20 heavy (non-hydrogen) atoms.